The third-order valence-corrected chi connectivity index (χ3v) is 2.13. The van der Waals surface area contributed by atoms with E-state index in [4.69, 9.17) is 16.7 Å². The molecule has 0 aliphatic carbocycles. The summed E-state index contributed by atoms with van der Waals surface area (Å²) in [5.41, 5.74) is -0.685. The molecule has 3 nitrogen and oxygen atoms in total. The minimum absolute atomic E-state index is 0.0273. The molecule has 0 aliphatic heterocycles. The average Bonchev–Trinajstić information content (AvgIpc) is 2.15. The molecule has 0 saturated carbocycles. The molecule has 82 valence electrons. The molecule has 0 fully saturated rings. The second-order valence-electron chi connectivity index (χ2n) is 2.93. The zero-order valence-corrected chi connectivity index (χ0v) is 8.55. The quantitative estimate of drug-likeness (QED) is 0.820. The SMILES string of the molecule is Cc1cc(CCl)nc(C(F)F)c1C(=O)O. The molecule has 0 radical (unpaired) electrons. The number of hydrogen-bond donors (Lipinski definition) is 1. The van der Waals surface area contributed by atoms with Gasteiger partial charge in [0.05, 0.1) is 17.1 Å². The molecule has 0 unspecified atom stereocenters. The summed E-state index contributed by atoms with van der Waals surface area (Å²) in [5.74, 6) is -1.43. The van der Waals surface area contributed by atoms with Crippen LogP contribution in [0.25, 0.3) is 0 Å². The lowest BCUT2D eigenvalue weighted by atomic mass is 10.1. The number of hydrogen-bond acceptors (Lipinski definition) is 2. The lowest BCUT2D eigenvalue weighted by molar-refractivity contribution is 0.0681. The van der Waals surface area contributed by atoms with Crippen molar-refractivity contribution in [3.05, 3.63) is 28.6 Å². The summed E-state index contributed by atoms with van der Waals surface area (Å²) in [4.78, 5) is 14.3. The second-order valence-corrected chi connectivity index (χ2v) is 3.20. The minimum Gasteiger partial charge on any atom is -0.478 e. The van der Waals surface area contributed by atoms with Gasteiger partial charge in [0, 0.05) is 0 Å². The van der Waals surface area contributed by atoms with Crippen molar-refractivity contribution >= 4 is 17.6 Å². The van der Waals surface area contributed by atoms with E-state index in [0.717, 1.165) is 0 Å². The van der Waals surface area contributed by atoms with Crippen molar-refractivity contribution in [1.82, 2.24) is 4.98 Å². The van der Waals surface area contributed by atoms with E-state index in [0.29, 0.717) is 0 Å². The highest BCUT2D eigenvalue weighted by atomic mass is 35.5. The molecule has 15 heavy (non-hydrogen) atoms. The number of halogens is 3. The largest absolute Gasteiger partial charge is 0.478 e. The van der Waals surface area contributed by atoms with Crippen LogP contribution < -0.4 is 0 Å². The third-order valence-electron chi connectivity index (χ3n) is 1.86. The highest BCUT2D eigenvalue weighted by molar-refractivity contribution is 6.16. The van der Waals surface area contributed by atoms with Crippen LogP contribution >= 0.6 is 11.6 Å². The number of carbonyl (C=O) groups is 1. The first-order valence-corrected chi connectivity index (χ1v) is 4.58. The summed E-state index contributed by atoms with van der Waals surface area (Å²) in [6, 6.07) is 1.39. The summed E-state index contributed by atoms with van der Waals surface area (Å²) in [6.07, 6.45) is -2.92. The van der Waals surface area contributed by atoms with Crippen molar-refractivity contribution in [3.8, 4) is 0 Å². The van der Waals surface area contributed by atoms with Crippen molar-refractivity contribution in [2.75, 3.05) is 0 Å². The molecule has 0 aromatic carbocycles. The maximum atomic E-state index is 12.5. The van der Waals surface area contributed by atoms with E-state index in [2.05, 4.69) is 4.98 Å². The second kappa shape index (κ2) is 4.53. The predicted octanol–water partition coefficient (Wildman–Crippen LogP) is 2.76. The normalized spacial score (nSPS) is 10.7. The van der Waals surface area contributed by atoms with Crippen LogP contribution in [0, 0.1) is 6.92 Å². The smallest absolute Gasteiger partial charge is 0.338 e. The van der Waals surface area contributed by atoms with Crippen molar-refractivity contribution in [1.29, 1.82) is 0 Å². The first-order chi connectivity index (χ1) is 6.97. The number of aromatic nitrogens is 1. The molecule has 0 atom stereocenters. The first-order valence-electron chi connectivity index (χ1n) is 4.05. The van der Waals surface area contributed by atoms with E-state index in [-0.39, 0.29) is 17.1 Å². The molecular weight excluding hydrogens is 228 g/mol. The van der Waals surface area contributed by atoms with E-state index in [1.807, 2.05) is 0 Å². The van der Waals surface area contributed by atoms with Gasteiger partial charge >= 0.3 is 5.97 Å². The predicted molar refractivity (Wildman–Crippen MR) is 50.4 cm³/mol. The van der Waals surface area contributed by atoms with Gasteiger partial charge in [-0.3, -0.25) is 0 Å². The molecule has 0 aliphatic rings. The van der Waals surface area contributed by atoms with E-state index in [1.165, 1.54) is 13.0 Å². The Balaban J connectivity index is 3.42. The third kappa shape index (κ3) is 2.41. The van der Waals surface area contributed by atoms with Crippen LogP contribution in [0.15, 0.2) is 6.07 Å². The molecule has 1 N–H and O–H groups in total. The van der Waals surface area contributed by atoms with E-state index >= 15 is 0 Å². The Morgan fingerprint density at radius 3 is 2.67 bits per heavy atom. The Bertz CT molecular complexity index is 396. The van der Waals surface area contributed by atoms with Crippen LogP contribution in [0.4, 0.5) is 8.78 Å². The van der Waals surface area contributed by atoms with Gasteiger partial charge < -0.3 is 5.11 Å². The summed E-state index contributed by atoms with van der Waals surface area (Å²) in [5, 5.41) is 8.75. The summed E-state index contributed by atoms with van der Waals surface area (Å²) < 4.78 is 25.0. The van der Waals surface area contributed by atoms with Crippen LogP contribution in [0.5, 0.6) is 0 Å². The molecule has 6 heteroatoms. The average molecular weight is 236 g/mol. The molecule has 0 saturated heterocycles. The molecule has 1 heterocycles. The molecule has 1 aromatic heterocycles. The maximum absolute atomic E-state index is 12.5. The van der Waals surface area contributed by atoms with Crippen molar-refractivity contribution in [2.24, 2.45) is 0 Å². The standard InChI is InChI=1S/C9H8ClF2NO2/c1-4-2-5(3-10)13-7(8(11)12)6(4)9(14)15/h2,8H,3H2,1H3,(H,14,15). The van der Waals surface area contributed by atoms with E-state index in [9.17, 15) is 13.6 Å². The van der Waals surface area contributed by atoms with Crippen molar-refractivity contribution < 1.29 is 18.7 Å². The van der Waals surface area contributed by atoms with Crippen molar-refractivity contribution in [3.63, 3.8) is 0 Å². The minimum atomic E-state index is -2.92. The fourth-order valence-electron chi connectivity index (χ4n) is 1.27. The zero-order valence-electron chi connectivity index (χ0n) is 7.80. The number of aryl methyl sites for hydroxylation is 1. The Morgan fingerprint density at radius 2 is 2.27 bits per heavy atom. The molecule has 0 spiro atoms. The lowest BCUT2D eigenvalue weighted by Gasteiger charge is -2.09. The lowest BCUT2D eigenvalue weighted by Crippen LogP contribution is -2.09. The Labute approximate surface area is 89.7 Å². The number of nitrogens with zero attached hydrogens (tertiary/aromatic N) is 1. The number of carboxylic acid groups (broad SMARTS) is 1. The van der Waals surface area contributed by atoms with Crippen molar-refractivity contribution in [2.45, 2.75) is 19.2 Å². The fourth-order valence-corrected chi connectivity index (χ4v) is 1.41. The van der Waals surface area contributed by atoms with Crippen LogP contribution in [0.3, 0.4) is 0 Å². The number of aromatic carboxylic acids is 1. The van der Waals surface area contributed by atoms with Gasteiger partial charge in [0.15, 0.2) is 0 Å². The van der Waals surface area contributed by atoms with E-state index < -0.39 is 23.7 Å². The first kappa shape index (κ1) is 11.8. The van der Waals surface area contributed by atoms with Crippen LogP contribution in [0.2, 0.25) is 0 Å². The summed E-state index contributed by atoms with van der Waals surface area (Å²) >= 11 is 5.45. The maximum Gasteiger partial charge on any atom is 0.338 e. The number of carboxylic acids is 1. The monoisotopic (exact) mass is 235 g/mol. The van der Waals surface area contributed by atoms with Gasteiger partial charge in [0.25, 0.3) is 6.43 Å². The van der Waals surface area contributed by atoms with Gasteiger partial charge in [-0.05, 0) is 18.6 Å². The van der Waals surface area contributed by atoms with Gasteiger partial charge in [-0.1, -0.05) is 0 Å². The molecule has 1 aromatic rings. The number of pyridine rings is 1. The molecule has 0 amide bonds. The van der Waals surface area contributed by atoms with Crippen LogP contribution in [-0.4, -0.2) is 16.1 Å². The van der Waals surface area contributed by atoms with Gasteiger partial charge in [0.2, 0.25) is 0 Å². The Hall–Kier alpha value is -1.23. The van der Waals surface area contributed by atoms with Gasteiger partial charge in [-0.2, -0.15) is 0 Å². The van der Waals surface area contributed by atoms with Gasteiger partial charge in [-0.25, -0.2) is 18.6 Å². The molecular formula is C9H8ClF2NO2. The number of rotatable bonds is 3. The summed E-state index contributed by atoms with van der Waals surface area (Å²) in [7, 11) is 0. The Morgan fingerprint density at radius 1 is 1.67 bits per heavy atom. The fraction of sp³-hybridized carbons (Fsp3) is 0.333. The highest BCUT2D eigenvalue weighted by Gasteiger charge is 2.22. The Kier molecular flexibility index (Phi) is 3.57. The molecule has 1 rings (SSSR count). The van der Waals surface area contributed by atoms with Crippen LogP contribution in [-0.2, 0) is 5.88 Å². The van der Waals surface area contributed by atoms with Gasteiger partial charge in [-0.15, -0.1) is 11.6 Å². The topological polar surface area (TPSA) is 50.2 Å². The van der Waals surface area contributed by atoms with Crippen LogP contribution in [0.1, 0.15) is 33.7 Å². The molecule has 0 bridgehead atoms. The zero-order chi connectivity index (χ0) is 11.6. The summed E-state index contributed by atoms with van der Waals surface area (Å²) in [6.45, 7) is 1.44. The van der Waals surface area contributed by atoms with Gasteiger partial charge in [0.1, 0.15) is 5.69 Å². The number of alkyl halides is 3. The van der Waals surface area contributed by atoms with E-state index in [1.54, 1.807) is 0 Å². The highest BCUT2D eigenvalue weighted by Crippen LogP contribution is 2.24.